The maximum absolute atomic E-state index is 10.2. The Hall–Kier alpha value is -1.22. The Kier molecular flexibility index (Phi) is 5.99. The molecule has 0 bridgehead atoms. The summed E-state index contributed by atoms with van der Waals surface area (Å²) in [6.07, 6.45) is 2.48. The van der Waals surface area contributed by atoms with Crippen molar-refractivity contribution in [3.8, 4) is 11.5 Å². The first-order chi connectivity index (χ1) is 8.56. The monoisotopic (exact) mass is 252 g/mol. The molecule has 1 aromatic carbocycles. The van der Waals surface area contributed by atoms with Gasteiger partial charge in [-0.25, -0.2) is 0 Å². The summed E-state index contributed by atoms with van der Waals surface area (Å²) >= 11 is 0. The molecule has 0 saturated carbocycles. The predicted octanol–water partition coefficient (Wildman–Crippen LogP) is 3.56. The SMILES string of the molecule is COc1cc(OC)cc(C(O)CCCC(C)C)c1. The topological polar surface area (TPSA) is 38.7 Å². The Labute approximate surface area is 110 Å². The van der Waals surface area contributed by atoms with Crippen molar-refractivity contribution in [1.29, 1.82) is 0 Å². The molecule has 1 aromatic rings. The van der Waals surface area contributed by atoms with Gasteiger partial charge >= 0.3 is 0 Å². The van der Waals surface area contributed by atoms with E-state index in [9.17, 15) is 5.11 Å². The van der Waals surface area contributed by atoms with Gasteiger partial charge in [-0.1, -0.05) is 26.7 Å². The number of aliphatic hydroxyl groups excluding tert-OH is 1. The lowest BCUT2D eigenvalue weighted by Crippen LogP contribution is -2.00. The lowest BCUT2D eigenvalue weighted by atomic mass is 10.00. The summed E-state index contributed by atoms with van der Waals surface area (Å²) in [5.41, 5.74) is 0.856. The van der Waals surface area contributed by atoms with Crippen molar-refractivity contribution in [2.75, 3.05) is 14.2 Å². The van der Waals surface area contributed by atoms with Gasteiger partial charge in [0.25, 0.3) is 0 Å². The fourth-order valence-electron chi connectivity index (χ4n) is 1.91. The highest BCUT2D eigenvalue weighted by molar-refractivity contribution is 5.39. The smallest absolute Gasteiger partial charge is 0.122 e. The number of hydrogen-bond donors (Lipinski definition) is 1. The molecule has 3 nitrogen and oxygen atoms in total. The molecule has 0 aliphatic heterocycles. The van der Waals surface area contributed by atoms with E-state index in [1.807, 2.05) is 18.2 Å². The van der Waals surface area contributed by atoms with Crippen LogP contribution in [-0.4, -0.2) is 19.3 Å². The third-order valence-corrected chi connectivity index (χ3v) is 3.02. The summed E-state index contributed by atoms with van der Waals surface area (Å²) in [6, 6.07) is 5.54. The highest BCUT2D eigenvalue weighted by Gasteiger charge is 2.11. The fourth-order valence-corrected chi connectivity index (χ4v) is 1.91. The Morgan fingerprint density at radius 1 is 1.00 bits per heavy atom. The molecule has 1 atom stereocenters. The van der Waals surface area contributed by atoms with Gasteiger partial charge in [0.05, 0.1) is 20.3 Å². The van der Waals surface area contributed by atoms with Crippen molar-refractivity contribution < 1.29 is 14.6 Å². The third-order valence-electron chi connectivity index (χ3n) is 3.02. The first-order valence-electron chi connectivity index (χ1n) is 6.47. The maximum atomic E-state index is 10.2. The van der Waals surface area contributed by atoms with E-state index in [-0.39, 0.29) is 0 Å². The van der Waals surface area contributed by atoms with Gasteiger partial charge in [-0.05, 0) is 30.0 Å². The van der Waals surface area contributed by atoms with Crippen molar-refractivity contribution in [2.24, 2.45) is 5.92 Å². The molecule has 0 saturated heterocycles. The molecule has 0 heterocycles. The molecule has 1 N–H and O–H groups in total. The summed E-state index contributed by atoms with van der Waals surface area (Å²) in [4.78, 5) is 0. The van der Waals surface area contributed by atoms with Gasteiger partial charge in [-0.3, -0.25) is 0 Å². The van der Waals surface area contributed by atoms with Gasteiger partial charge in [0.2, 0.25) is 0 Å². The van der Waals surface area contributed by atoms with Crippen LogP contribution < -0.4 is 9.47 Å². The standard InChI is InChI=1S/C15H24O3/c1-11(2)6-5-7-15(16)12-8-13(17-3)10-14(9-12)18-4/h8-11,15-16H,5-7H2,1-4H3. The van der Waals surface area contributed by atoms with Crippen molar-refractivity contribution in [1.82, 2.24) is 0 Å². The van der Waals surface area contributed by atoms with Gasteiger partial charge in [-0.15, -0.1) is 0 Å². The predicted molar refractivity (Wildman–Crippen MR) is 73.2 cm³/mol. The van der Waals surface area contributed by atoms with E-state index in [0.29, 0.717) is 17.4 Å². The van der Waals surface area contributed by atoms with Crippen LogP contribution in [0.1, 0.15) is 44.8 Å². The third kappa shape index (κ3) is 4.57. The van der Waals surface area contributed by atoms with E-state index in [2.05, 4.69) is 13.8 Å². The minimum absolute atomic E-state index is 0.451. The van der Waals surface area contributed by atoms with Gasteiger partial charge in [0.1, 0.15) is 11.5 Å². The summed E-state index contributed by atoms with van der Waals surface area (Å²) in [5, 5.41) is 10.2. The molecular formula is C15H24O3. The highest BCUT2D eigenvalue weighted by Crippen LogP contribution is 2.29. The van der Waals surface area contributed by atoms with Gasteiger partial charge < -0.3 is 14.6 Å². The van der Waals surface area contributed by atoms with E-state index < -0.39 is 6.10 Å². The molecule has 0 fully saturated rings. The minimum Gasteiger partial charge on any atom is -0.497 e. The summed E-state index contributed by atoms with van der Waals surface area (Å²) in [7, 11) is 3.23. The average molecular weight is 252 g/mol. The minimum atomic E-state index is -0.451. The van der Waals surface area contributed by atoms with E-state index in [1.54, 1.807) is 14.2 Å². The van der Waals surface area contributed by atoms with Gasteiger partial charge in [-0.2, -0.15) is 0 Å². The normalized spacial score (nSPS) is 12.6. The second kappa shape index (κ2) is 7.27. The zero-order chi connectivity index (χ0) is 13.5. The van der Waals surface area contributed by atoms with Crippen LogP contribution in [0, 0.1) is 5.92 Å². The van der Waals surface area contributed by atoms with Crippen molar-refractivity contribution >= 4 is 0 Å². The molecule has 0 aliphatic rings. The van der Waals surface area contributed by atoms with Crippen LogP contribution in [0.4, 0.5) is 0 Å². The van der Waals surface area contributed by atoms with Crippen LogP contribution >= 0.6 is 0 Å². The zero-order valence-corrected chi connectivity index (χ0v) is 11.8. The van der Waals surface area contributed by atoms with E-state index in [0.717, 1.165) is 24.8 Å². The molecular weight excluding hydrogens is 228 g/mol. The Morgan fingerprint density at radius 3 is 2.00 bits per heavy atom. The quantitative estimate of drug-likeness (QED) is 0.806. The van der Waals surface area contributed by atoms with E-state index >= 15 is 0 Å². The maximum Gasteiger partial charge on any atom is 0.122 e. The van der Waals surface area contributed by atoms with Crippen LogP contribution in [0.5, 0.6) is 11.5 Å². The molecule has 0 spiro atoms. The second-order valence-electron chi connectivity index (χ2n) is 4.99. The number of benzene rings is 1. The second-order valence-corrected chi connectivity index (χ2v) is 4.99. The van der Waals surface area contributed by atoms with Crippen LogP contribution in [0.3, 0.4) is 0 Å². The van der Waals surface area contributed by atoms with Gasteiger partial charge in [0, 0.05) is 6.07 Å². The van der Waals surface area contributed by atoms with Crippen molar-refractivity contribution in [3.05, 3.63) is 23.8 Å². The molecule has 0 aromatic heterocycles. The fraction of sp³-hybridized carbons (Fsp3) is 0.600. The number of rotatable bonds is 7. The molecule has 0 radical (unpaired) electrons. The largest absolute Gasteiger partial charge is 0.497 e. The number of aliphatic hydroxyl groups is 1. The summed E-state index contributed by atoms with van der Waals surface area (Å²) in [6.45, 7) is 4.39. The Bertz CT molecular complexity index is 339. The number of ether oxygens (including phenoxy) is 2. The van der Waals surface area contributed by atoms with E-state index in [1.165, 1.54) is 0 Å². The lowest BCUT2D eigenvalue weighted by Gasteiger charge is -2.14. The average Bonchev–Trinajstić information content (AvgIpc) is 2.37. The number of methoxy groups -OCH3 is 2. The highest BCUT2D eigenvalue weighted by atomic mass is 16.5. The molecule has 0 amide bonds. The van der Waals surface area contributed by atoms with E-state index in [4.69, 9.17) is 9.47 Å². The first kappa shape index (κ1) is 14.8. The molecule has 1 unspecified atom stereocenters. The van der Waals surface area contributed by atoms with Crippen LogP contribution in [0.15, 0.2) is 18.2 Å². The molecule has 1 rings (SSSR count). The van der Waals surface area contributed by atoms with Crippen LogP contribution in [-0.2, 0) is 0 Å². The Morgan fingerprint density at radius 2 is 1.56 bits per heavy atom. The first-order valence-corrected chi connectivity index (χ1v) is 6.47. The molecule has 3 heteroatoms. The zero-order valence-electron chi connectivity index (χ0n) is 11.8. The van der Waals surface area contributed by atoms with Gasteiger partial charge in [0.15, 0.2) is 0 Å². The molecule has 0 aliphatic carbocycles. The van der Waals surface area contributed by atoms with Crippen LogP contribution in [0.2, 0.25) is 0 Å². The number of hydrogen-bond acceptors (Lipinski definition) is 3. The Balaban J connectivity index is 2.68. The molecule has 18 heavy (non-hydrogen) atoms. The lowest BCUT2D eigenvalue weighted by molar-refractivity contribution is 0.161. The van der Waals surface area contributed by atoms with Crippen molar-refractivity contribution in [2.45, 2.75) is 39.2 Å². The summed E-state index contributed by atoms with van der Waals surface area (Å²) < 4.78 is 10.4. The van der Waals surface area contributed by atoms with Crippen molar-refractivity contribution in [3.63, 3.8) is 0 Å². The summed E-state index contributed by atoms with van der Waals surface area (Å²) in [5.74, 6) is 2.11. The molecule has 102 valence electrons. The van der Waals surface area contributed by atoms with Crippen LogP contribution in [0.25, 0.3) is 0 Å².